The molecule has 0 aliphatic carbocycles. The van der Waals surface area contributed by atoms with Crippen LogP contribution >= 0.6 is 47.8 Å². The van der Waals surface area contributed by atoms with E-state index >= 15 is 0 Å². The summed E-state index contributed by atoms with van der Waals surface area (Å²) in [5, 5.41) is 12.2. The highest BCUT2D eigenvalue weighted by molar-refractivity contribution is 9.11. The third-order valence-corrected chi connectivity index (χ3v) is 6.12. The Balaban J connectivity index is 1.75. The van der Waals surface area contributed by atoms with Crippen molar-refractivity contribution in [1.82, 2.24) is 0 Å². The Morgan fingerprint density at radius 2 is 1.72 bits per heavy atom. The fourth-order valence-corrected chi connectivity index (χ4v) is 4.16. The van der Waals surface area contributed by atoms with E-state index in [1.54, 1.807) is 30.3 Å². The van der Waals surface area contributed by atoms with Gasteiger partial charge in [0.2, 0.25) is 0 Å². The van der Waals surface area contributed by atoms with E-state index in [1.807, 2.05) is 36.4 Å². The first-order valence-electron chi connectivity index (χ1n) is 9.33. The molecule has 0 aromatic heterocycles. The molecule has 0 spiro atoms. The molecular weight excluding hydrogens is 604 g/mol. The highest BCUT2D eigenvalue weighted by Gasteiger charge is 2.12. The maximum atomic E-state index is 12.5. The van der Waals surface area contributed by atoms with Crippen molar-refractivity contribution in [1.29, 1.82) is 5.26 Å². The lowest BCUT2D eigenvalue weighted by molar-refractivity contribution is -0.112. The molecule has 8 heteroatoms. The third-order valence-electron chi connectivity index (χ3n) is 4.36. The smallest absolute Gasteiger partial charge is 0.266 e. The van der Waals surface area contributed by atoms with Crippen LogP contribution in [-0.2, 0) is 11.4 Å². The Hall–Kier alpha value is -2.60. The van der Waals surface area contributed by atoms with Gasteiger partial charge in [-0.15, -0.1) is 0 Å². The quantitative estimate of drug-likeness (QED) is 0.226. The van der Waals surface area contributed by atoms with Gasteiger partial charge >= 0.3 is 0 Å². The molecule has 0 atom stereocenters. The number of carbonyl (C=O) groups is 1. The zero-order valence-corrected chi connectivity index (χ0v) is 21.6. The molecule has 0 saturated heterocycles. The standard InChI is InChI=1S/C24H17Br3N2O3/c1-31-23-11-15(2-9-22(23)32-14-16-3-4-19(26)12-21(16)27)10-17(13-28)24(30)29-20-7-5-18(25)6-8-20/h2-12H,14H2,1H3,(H,29,30)/b17-10-. The largest absolute Gasteiger partial charge is 0.493 e. The van der Waals surface area contributed by atoms with Crippen molar-refractivity contribution in [2.45, 2.75) is 6.61 Å². The van der Waals surface area contributed by atoms with Crippen LogP contribution in [0.4, 0.5) is 5.69 Å². The summed E-state index contributed by atoms with van der Waals surface area (Å²) < 4.78 is 14.2. The van der Waals surface area contributed by atoms with Crippen LogP contribution in [0.2, 0.25) is 0 Å². The van der Waals surface area contributed by atoms with E-state index in [0.717, 1.165) is 19.0 Å². The lowest BCUT2D eigenvalue weighted by atomic mass is 10.1. The van der Waals surface area contributed by atoms with E-state index in [1.165, 1.54) is 13.2 Å². The van der Waals surface area contributed by atoms with Crippen LogP contribution in [0, 0.1) is 11.3 Å². The molecule has 0 bridgehead atoms. The summed E-state index contributed by atoms with van der Waals surface area (Å²) in [6.07, 6.45) is 1.51. The molecule has 0 unspecified atom stereocenters. The predicted octanol–water partition coefficient (Wildman–Crippen LogP) is 7.11. The number of methoxy groups -OCH3 is 1. The van der Waals surface area contributed by atoms with Gasteiger partial charge in [-0.25, -0.2) is 0 Å². The van der Waals surface area contributed by atoms with Gasteiger partial charge in [-0.1, -0.05) is 59.9 Å². The number of rotatable bonds is 7. The van der Waals surface area contributed by atoms with Crippen LogP contribution < -0.4 is 14.8 Å². The molecule has 3 rings (SSSR count). The van der Waals surface area contributed by atoms with Crippen molar-refractivity contribution < 1.29 is 14.3 Å². The SMILES string of the molecule is COc1cc(/C=C(/C#N)C(=O)Nc2ccc(Br)cc2)ccc1OCc1ccc(Br)cc1Br. The Morgan fingerprint density at radius 3 is 2.38 bits per heavy atom. The number of halogens is 3. The summed E-state index contributed by atoms with van der Waals surface area (Å²) in [7, 11) is 1.54. The zero-order chi connectivity index (χ0) is 23.1. The van der Waals surface area contributed by atoms with E-state index in [0.29, 0.717) is 29.4 Å². The van der Waals surface area contributed by atoms with Gasteiger partial charge in [0, 0.05) is 24.7 Å². The van der Waals surface area contributed by atoms with Gasteiger partial charge in [-0.3, -0.25) is 4.79 Å². The highest BCUT2D eigenvalue weighted by atomic mass is 79.9. The van der Waals surface area contributed by atoms with Crippen molar-refractivity contribution >= 4 is 65.5 Å². The van der Waals surface area contributed by atoms with Crippen LogP contribution in [0.15, 0.2) is 79.7 Å². The second-order valence-corrected chi connectivity index (χ2v) is 9.25. The molecule has 0 aliphatic heterocycles. The van der Waals surface area contributed by atoms with Gasteiger partial charge in [0.1, 0.15) is 18.2 Å². The summed E-state index contributed by atoms with van der Waals surface area (Å²) in [6, 6.07) is 20.1. The van der Waals surface area contributed by atoms with Gasteiger partial charge in [0.15, 0.2) is 11.5 Å². The third kappa shape index (κ3) is 6.45. The first-order valence-corrected chi connectivity index (χ1v) is 11.7. The minimum Gasteiger partial charge on any atom is -0.493 e. The number of ether oxygens (including phenoxy) is 2. The molecule has 3 aromatic rings. The topological polar surface area (TPSA) is 71.3 Å². The van der Waals surface area contributed by atoms with Crippen LogP contribution in [0.1, 0.15) is 11.1 Å². The summed E-state index contributed by atoms with van der Waals surface area (Å²) in [6.45, 7) is 0.346. The highest BCUT2D eigenvalue weighted by Crippen LogP contribution is 2.31. The molecule has 0 heterocycles. The Morgan fingerprint density at radius 1 is 1.00 bits per heavy atom. The molecule has 0 saturated carbocycles. The monoisotopic (exact) mass is 618 g/mol. The number of anilines is 1. The predicted molar refractivity (Wildman–Crippen MR) is 136 cm³/mol. The van der Waals surface area contributed by atoms with E-state index in [-0.39, 0.29) is 5.57 Å². The van der Waals surface area contributed by atoms with Gasteiger partial charge < -0.3 is 14.8 Å². The fourth-order valence-electron chi connectivity index (χ4n) is 2.73. The number of carbonyl (C=O) groups excluding carboxylic acids is 1. The Bertz CT molecular complexity index is 1200. The molecule has 0 radical (unpaired) electrons. The van der Waals surface area contributed by atoms with Crippen molar-refractivity contribution in [3.05, 3.63) is 90.8 Å². The molecule has 0 fully saturated rings. The van der Waals surface area contributed by atoms with Crippen molar-refractivity contribution in [2.24, 2.45) is 0 Å². The molecule has 5 nitrogen and oxygen atoms in total. The second kappa shape index (κ2) is 11.3. The molecule has 32 heavy (non-hydrogen) atoms. The maximum absolute atomic E-state index is 12.5. The summed E-state index contributed by atoms with van der Waals surface area (Å²) in [5.74, 6) is 0.559. The Labute approximate surface area is 211 Å². The molecule has 3 aromatic carbocycles. The molecular formula is C24H17Br3N2O3. The zero-order valence-electron chi connectivity index (χ0n) is 16.9. The summed E-state index contributed by atoms with van der Waals surface area (Å²) in [4.78, 5) is 12.5. The number of nitrogens with zero attached hydrogens (tertiary/aromatic N) is 1. The normalized spacial score (nSPS) is 10.9. The van der Waals surface area contributed by atoms with Gasteiger partial charge in [-0.2, -0.15) is 5.26 Å². The van der Waals surface area contributed by atoms with Crippen molar-refractivity contribution in [3.63, 3.8) is 0 Å². The fraction of sp³-hybridized carbons (Fsp3) is 0.0833. The average molecular weight is 621 g/mol. The van der Waals surface area contributed by atoms with Crippen LogP contribution in [-0.4, -0.2) is 13.0 Å². The number of benzene rings is 3. The van der Waals surface area contributed by atoms with Crippen LogP contribution in [0.3, 0.4) is 0 Å². The molecule has 162 valence electrons. The summed E-state index contributed by atoms with van der Waals surface area (Å²) >= 11 is 10.3. The van der Waals surface area contributed by atoms with Crippen LogP contribution in [0.5, 0.6) is 11.5 Å². The lowest BCUT2D eigenvalue weighted by Gasteiger charge is -2.12. The number of amides is 1. The molecule has 1 N–H and O–H groups in total. The number of nitrogens with one attached hydrogen (secondary N) is 1. The average Bonchev–Trinajstić information content (AvgIpc) is 2.78. The maximum Gasteiger partial charge on any atom is 0.266 e. The number of hydrogen-bond acceptors (Lipinski definition) is 4. The second-order valence-electron chi connectivity index (χ2n) is 6.57. The van der Waals surface area contributed by atoms with Gasteiger partial charge in [0.05, 0.1) is 7.11 Å². The molecule has 1 amide bonds. The van der Waals surface area contributed by atoms with E-state index in [2.05, 4.69) is 53.1 Å². The summed E-state index contributed by atoms with van der Waals surface area (Å²) in [5.41, 5.74) is 2.19. The Kier molecular flexibility index (Phi) is 8.51. The minimum absolute atomic E-state index is 0.0255. The van der Waals surface area contributed by atoms with Crippen LogP contribution in [0.25, 0.3) is 6.08 Å². The van der Waals surface area contributed by atoms with Crippen molar-refractivity contribution in [3.8, 4) is 17.6 Å². The number of nitriles is 1. The number of hydrogen-bond donors (Lipinski definition) is 1. The van der Waals surface area contributed by atoms with Gasteiger partial charge in [0.25, 0.3) is 5.91 Å². The minimum atomic E-state index is -0.491. The van der Waals surface area contributed by atoms with E-state index < -0.39 is 5.91 Å². The van der Waals surface area contributed by atoms with E-state index in [9.17, 15) is 10.1 Å². The van der Waals surface area contributed by atoms with Gasteiger partial charge in [-0.05, 0) is 60.2 Å². The lowest BCUT2D eigenvalue weighted by Crippen LogP contribution is -2.13. The first-order chi connectivity index (χ1) is 15.4. The first kappa shape index (κ1) is 24.1. The van der Waals surface area contributed by atoms with E-state index in [4.69, 9.17) is 9.47 Å². The molecule has 0 aliphatic rings. The van der Waals surface area contributed by atoms with Crippen molar-refractivity contribution in [2.75, 3.05) is 12.4 Å².